The van der Waals surface area contributed by atoms with Gasteiger partial charge in [-0.3, -0.25) is 0 Å². The lowest BCUT2D eigenvalue weighted by Gasteiger charge is -2.15. The molecule has 1 saturated carbocycles. The summed E-state index contributed by atoms with van der Waals surface area (Å²) in [5, 5.41) is 3.25. The van der Waals surface area contributed by atoms with Crippen molar-refractivity contribution in [1.29, 1.82) is 0 Å². The lowest BCUT2D eigenvalue weighted by molar-refractivity contribution is 0.441. The second-order valence-corrected chi connectivity index (χ2v) is 4.11. The molecule has 14 heavy (non-hydrogen) atoms. The van der Waals surface area contributed by atoms with Crippen LogP contribution < -0.4 is 11.1 Å². The standard InChI is InChI=1S/C6H13N.C6H15N/c7-6-4-2-1-3-5-6;1-3-5-6-7-4-2/h6H,1-5,7H2;7H,3-6H2,1-2H3. The third-order valence-corrected chi connectivity index (χ3v) is 2.61. The van der Waals surface area contributed by atoms with Crippen LogP contribution in [0.5, 0.6) is 0 Å². The van der Waals surface area contributed by atoms with Crippen molar-refractivity contribution in [3.05, 3.63) is 0 Å². The third-order valence-electron chi connectivity index (χ3n) is 2.61. The highest BCUT2D eigenvalue weighted by atomic mass is 14.8. The Labute approximate surface area is 89.6 Å². The predicted molar refractivity (Wildman–Crippen MR) is 64.5 cm³/mol. The van der Waals surface area contributed by atoms with Crippen molar-refractivity contribution < 1.29 is 0 Å². The summed E-state index contributed by atoms with van der Waals surface area (Å²) in [5.41, 5.74) is 5.63. The van der Waals surface area contributed by atoms with Crippen molar-refractivity contribution in [3.63, 3.8) is 0 Å². The molecule has 1 aliphatic rings. The number of nitrogens with one attached hydrogen (secondary N) is 1. The Balaban J connectivity index is 0.000000241. The maximum atomic E-state index is 5.63. The Kier molecular flexibility index (Phi) is 10.9. The number of unbranched alkanes of at least 4 members (excludes halogenated alkanes) is 1. The minimum absolute atomic E-state index is 0.536. The minimum Gasteiger partial charge on any atom is -0.328 e. The molecule has 1 fully saturated rings. The van der Waals surface area contributed by atoms with Gasteiger partial charge in [0, 0.05) is 6.04 Å². The Hall–Kier alpha value is -0.0800. The Morgan fingerprint density at radius 3 is 2.14 bits per heavy atom. The van der Waals surface area contributed by atoms with Crippen molar-refractivity contribution in [2.45, 2.75) is 64.8 Å². The maximum Gasteiger partial charge on any atom is 0.00388 e. The largest absolute Gasteiger partial charge is 0.328 e. The van der Waals surface area contributed by atoms with E-state index in [9.17, 15) is 0 Å². The van der Waals surface area contributed by atoms with Crippen LogP contribution in [0.1, 0.15) is 58.8 Å². The van der Waals surface area contributed by atoms with Gasteiger partial charge in [-0.15, -0.1) is 0 Å². The molecule has 3 N–H and O–H groups in total. The molecule has 0 atom stereocenters. The van der Waals surface area contributed by atoms with Gasteiger partial charge in [0.1, 0.15) is 0 Å². The van der Waals surface area contributed by atoms with Crippen molar-refractivity contribution in [3.8, 4) is 0 Å². The predicted octanol–water partition coefficient (Wildman–Crippen LogP) is 2.67. The van der Waals surface area contributed by atoms with E-state index in [2.05, 4.69) is 19.2 Å². The summed E-state index contributed by atoms with van der Waals surface area (Å²) in [4.78, 5) is 0. The third kappa shape index (κ3) is 10.0. The van der Waals surface area contributed by atoms with Crippen LogP contribution in [0.2, 0.25) is 0 Å². The van der Waals surface area contributed by atoms with Crippen LogP contribution in [-0.4, -0.2) is 19.1 Å². The molecule has 0 aromatic carbocycles. The van der Waals surface area contributed by atoms with Gasteiger partial charge in [0.15, 0.2) is 0 Å². The minimum atomic E-state index is 0.536. The summed E-state index contributed by atoms with van der Waals surface area (Å²) in [6.45, 7) is 6.64. The average Bonchev–Trinajstić information content (AvgIpc) is 2.21. The second kappa shape index (κ2) is 11.0. The monoisotopic (exact) mass is 200 g/mol. The van der Waals surface area contributed by atoms with Crippen molar-refractivity contribution in [1.82, 2.24) is 5.32 Å². The molecule has 0 bridgehead atoms. The molecule has 1 aliphatic carbocycles. The van der Waals surface area contributed by atoms with E-state index in [0.717, 1.165) is 6.54 Å². The highest BCUT2D eigenvalue weighted by Gasteiger charge is 2.06. The van der Waals surface area contributed by atoms with Gasteiger partial charge in [0.25, 0.3) is 0 Å². The molecule has 86 valence electrons. The highest BCUT2D eigenvalue weighted by molar-refractivity contribution is 4.66. The van der Waals surface area contributed by atoms with Gasteiger partial charge in [0.2, 0.25) is 0 Å². The van der Waals surface area contributed by atoms with Crippen LogP contribution in [0.15, 0.2) is 0 Å². The quantitative estimate of drug-likeness (QED) is 0.685. The molecular weight excluding hydrogens is 172 g/mol. The van der Waals surface area contributed by atoms with E-state index in [1.807, 2.05) is 0 Å². The first-order chi connectivity index (χ1) is 6.81. The normalized spacial score (nSPS) is 17.4. The summed E-state index contributed by atoms with van der Waals surface area (Å²) in [7, 11) is 0. The van der Waals surface area contributed by atoms with Crippen LogP contribution in [0, 0.1) is 0 Å². The number of hydrogen-bond acceptors (Lipinski definition) is 2. The first-order valence-electron chi connectivity index (χ1n) is 6.27. The Bertz CT molecular complexity index is 94.5. The molecule has 0 saturated heterocycles. The summed E-state index contributed by atoms with van der Waals surface area (Å²) in [6, 6.07) is 0.536. The van der Waals surface area contributed by atoms with E-state index in [1.54, 1.807) is 0 Å². The Morgan fingerprint density at radius 1 is 1.14 bits per heavy atom. The van der Waals surface area contributed by atoms with Crippen LogP contribution in [-0.2, 0) is 0 Å². The van der Waals surface area contributed by atoms with E-state index in [-0.39, 0.29) is 0 Å². The fourth-order valence-electron chi connectivity index (χ4n) is 1.61. The molecule has 0 aliphatic heterocycles. The highest BCUT2D eigenvalue weighted by Crippen LogP contribution is 2.14. The smallest absolute Gasteiger partial charge is 0.00388 e. The molecule has 0 unspecified atom stereocenters. The Morgan fingerprint density at radius 2 is 1.79 bits per heavy atom. The first kappa shape index (κ1) is 13.9. The topological polar surface area (TPSA) is 38.0 Å². The summed E-state index contributed by atoms with van der Waals surface area (Å²) in [6.07, 6.45) is 9.27. The van der Waals surface area contributed by atoms with Gasteiger partial charge in [-0.05, 0) is 32.4 Å². The fourth-order valence-corrected chi connectivity index (χ4v) is 1.61. The van der Waals surface area contributed by atoms with Crippen LogP contribution in [0.25, 0.3) is 0 Å². The van der Waals surface area contributed by atoms with Gasteiger partial charge in [-0.1, -0.05) is 39.5 Å². The van der Waals surface area contributed by atoms with Gasteiger partial charge in [-0.2, -0.15) is 0 Å². The maximum absolute atomic E-state index is 5.63. The fraction of sp³-hybridized carbons (Fsp3) is 1.00. The van der Waals surface area contributed by atoms with Gasteiger partial charge in [-0.25, -0.2) is 0 Å². The molecule has 0 heterocycles. The zero-order valence-electron chi connectivity index (χ0n) is 10.0. The zero-order valence-corrected chi connectivity index (χ0v) is 10.0. The molecule has 0 spiro atoms. The van der Waals surface area contributed by atoms with Crippen molar-refractivity contribution in [2.24, 2.45) is 5.73 Å². The van der Waals surface area contributed by atoms with E-state index < -0.39 is 0 Å². The first-order valence-corrected chi connectivity index (χ1v) is 6.27. The summed E-state index contributed by atoms with van der Waals surface area (Å²) in [5.74, 6) is 0. The molecule has 2 nitrogen and oxygen atoms in total. The molecule has 0 aromatic heterocycles. The number of hydrogen-bond donors (Lipinski definition) is 2. The summed E-state index contributed by atoms with van der Waals surface area (Å²) < 4.78 is 0. The lowest BCUT2D eigenvalue weighted by atomic mass is 9.97. The SMILES string of the molecule is CCCCNCC.NC1CCCCC1. The van der Waals surface area contributed by atoms with Crippen LogP contribution in [0.4, 0.5) is 0 Å². The molecule has 1 rings (SSSR count). The number of nitrogens with two attached hydrogens (primary N) is 1. The summed E-state index contributed by atoms with van der Waals surface area (Å²) >= 11 is 0. The van der Waals surface area contributed by atoms with E-state index >= 15 is 0 Å². The molecule has 0 amide bonds. The number of rotatable bonds is 4. The van der Waals surface area contributed by atoms with Gasteiger partial charge >= 0.3 is 0 Å². The zero-order chi connectivity index (χ0) is 10.6. The molecule has 2 heteroatoms. The van der Waals surface area contributed by atoms with Crippen LogP contribution >= 0.6 is 0 Å². The van der Waals surface area contributed by atoms with Crippen LogP contribution in [0.3, 0.4) is 0 Å². The molecule has 0 aromatic rings. The average molecular weight is 200 g/mol. The van der Waals surface area contributed by atoms with E-state index in [4.69, 9.17) is 5.73 Å². The van der Waals surface area contributed by atoms with Crippen molar-refractivity contribution >= 4 is 0 Å². The van der Waals surface area contributed by atoms with Crippen molar-refractivity contribution in [2.75, 3.05) is 13.1 Å². The molecule has 0 radical (unpaired) electrons. The van der Waals surface area contributed by atoms with E-state index in [0.29, 0.717) is 6.04 Å². The van der Waals surface area contributed by atoms with E-state index in [1.165, 1.54) is 51.5 Å². The van der Waals surface area contributed by atoms with Gasteiger partial charge < -0.3 is 11.1 Å². The second-order valence-electron chi connectivity index (χ2n) is 4.11. The molecular formula is C12H28N2. The van der Waals surface area contributed by atoms with Gasteiger partial charge in [0.05, 0.1) is 0 Å². The lowest BCUT2D eigenvalue weighted by Crippen LogP contribution is -2.22.